The summed E-state index contributed by atoms with van der Waals surface area (Å²) in [5, 5.41) is 10.5. The summed E-state index contributed by atoms with van der Waals surface area (Å²) < 4.78 is 0. The zero-order valence-corrected chi connectivity index (χ0v) is 35.8. The van der Waals surface area contributed by atoms with E-state index in [2.05, 4.69) is 240 Å². The molecule has 288 valence electrons. The van der Waals surface area contributed by atoms with E-state index in [-0.39, 0.29) is 0 Å². The molecule has 2 nitrogen and oxygen atoms in total. The molecule has 0 radical (unpaired) electrons. The summed E-state index contributed by atoms with van der Waals surface area (Å²) in [6.07, 6.45) is 0. The number of nitrogens with zero attached hydrogens (tertiary/aromatic N) is 2. The Kier molecular flexibility index (Phi) is 8.73. The van der Waals surface area contributed by atoms with Crippen molar-refractivity contribution >= 4 is 108 Å². The van der Waals surface area contributed by atoms with Crippen molar-refractivity contribution in [1.82, 2.24) is 0 Å². The first-order valence-electron chi connectivity index (χ1n) is 20.8. The van der Waals surface area contributed by atoms with Crippen LogP contribution in [-0.2, 0) is 0 Å². The van der Waals surface area contributed by atoms with Crippen LogP contribution in [0, 0.1) is 0 Å². The van der Waals surface area contributed by atoms with Crippen molar-refractivity contribution in [3.63, 3.8) is 0 Å². The number of rotatable bonds is 6. The molecule has 10 aromatic carbocycles. The summed E-state index contributed by atoms with van der Waals surface area (Å²) >= 11 is 3.70. The Morgan fingerprint density at radius 1 is 0.246 bits per heavy atom. The normalized spacial score (nSPS) is 13.0. The molecule has 10 aromatic rings. The Bertz CT molecular complexity index is 2980. The van der Waals surface area contributed by atoms with Crippen LogP contribution in [-0.4, -0.2) is 8.07 Å². The minimum absolute atomic E-state index is 1.18. The van der Waals surface area contributed by atoms with Gasteiger partial charge in [0, 0.05) is 30.4 Å². The van der Waals surface area contributed by atoms with Gasteiger partial charge in [-0.1, -0.05) is 193 Å². The Hall–Kier alpha value is -6.76. The van der Waals surface area contributed by atoms with Gasteiger partial charge in [0.05, 0.1) is 34.1 Å². The lowest BCUT2D eigenvalue weighted by Crippen LogP contribution is -2.75. The van der Waals surface area contributed by atoms with Gasteiger partial charge in [-0.25, -0.2) is 0 Å². The van der Waals surface area contributed by atoms with E-state index < -0.39 is 8.07 Å². The van der Waals surface area contributed by atoms with Gasteiger partial charge in [0.15, 0.2) is 8.07 Å². The van der Waals surface area contributed by atoms with E-state index in [1.807, 2.05) is 23.5 Å². The summed E-state index contributed by atoms with van der Waals surface area (Å²) in [6, 6.07) is 86.1. The monoisotopic (exact) mass is 830 g/mol. The first kappa shape index (κ1) is 36.1. The van der Waals surface area contributed by atoms with Crippen molar-refractivity contribution in [2.75, 3.05) is 9.80 Å². The number of benzene rings is 10. The third-order valence-electron chi connectivity index (χ3n) is 12.4. The maximum absolute atomic E-state index is 3.11. The van der Waals surface area contributed by atoms with E-state index in [0.29, 0.717) is 0 Å². The first-order chi connectivity index (χ1) is 30.3. The standard InChI is InChI=1S/C56H38N2S2Si/c1-3-19-39(20-4-1)61(40-21-5-2-6-22-40,55-37-35-45(41-23-7-9-25-43(41)55)57-47-27-11-15-31-51(47)59-52-32-16-12-28-48(52)57)56-38-36-46(42-24-8-10-26-44(42)56)58-49-29-13-17-33-53(49)60-54-34-18-14-30-50(54)58/h1-38H. The maximum atomic E-state index is 2.48. The van der Waals surface area contributed by atoms with E-state index >= 15 is 0 Å². The van der Waals surface area contributed by atoms with Gasteiger partial charge in [0.2, 0.25) is 0 Å². The molecule has 0 aromatic heterocycles. The molecule has 0 saturated carbocycles. The molecule has 0 atom stereocenters. The van der Waals surface area contributed by atoms with E-state index in [0.717, 1.165) is 0 Å². The number of para-hydroxylation sites is 4. The third-order valence-corrected chi connectivity index (χ3v) is 19.5. The Balaban J connectivity index is 1.17. The van der Waals surface area contributed by atoms with Gasteiger partial charge in [-0.05, 0) is 92.2 Å². The first-order valence-corrected chi connectivity index (χ1v) is 24.4. The minimum atomic E-state index is -3.11. The van der Waals surface area contributed by atoms with Crippen molar-refractivity contribution in [2.45, 2.75) is 19.6 Å². The number of fused-ring (bicyclic) bond motifs is 6. The van der Waals surface area contributed by atoms with Gasteiger partial charge in [-0.15, -0.1) is 0 Å². The van der Waals surface area contributed by atoms with Crippen molar-refractivity contribution < 1.29 is 0 Å². The summed E-state index contributed by atoms with van der Waals surface area (Å²) in [5.41, 5.74) is 7.20. The Morgan fingerprint density at radius 3 is 0.902 bits per heavy atom. The van der Waals surface area contributed by atoms with Crippen LogP contribution in [0.2, 0.25) is 0 Å². The molecule has 61 heavy (non-hydrogen) atoms. The van der Waals surface area contributed by atoms with E-state index in [4.69, 9.17) is 0 Å². The average Bonchev–Trinajstić information content (AvgIpc) is 3.33. The van der Waals surface area contributed by atoms with Gasteiger partial charge in [-0.2, -0.15) is 0 Å². The second kappa shape index (κ2) is 14.8. The van der Waals surface area contributed by atoms with Gasteiger partial charge in [0.1, 0.15) is 0 Å². The fourth-order valence-electron chi connectivity index (χ4n) is 9.85. The molecule has 0 amide bonds. The lowest BCUT2D eigenvalue weighted by atomic mass is 10.1. The fraction of sp³-hybridized carbons (Fsp3) is 0. The predicted octanol–water partition coefficient (Wildman–Crippen LogP) is 13.2. The molecular weight excluding hydrogens is 793 g/mol. The molecule has 2 aliphatic rings. The summed E-state index contributed by atoms with van der Waals surface area (Å²) in [5.74, 6) is 0. The molecule has 12 rings (SSSR count). The number of hydrogen-bond donors (Lipinski definition) is 0. The molecular formula is C56H38N2S2Si. The van der Waals surface area contributed by atoms with Crippen LogP contribution in [0.15, 0.2) is 250 Å². The smallest absolute Gasteiger partial charge is 0.180 e. The zero-order chi connectivity index (χ0) is 40.3. The molecule has 2 aliphatic heterocycles. The van der Waals surface area contributed by atoms with Gasteiger partial charge in [-0.3, -0.25) is 0 Å². The quantitative estimate of drug-likeness (QED) is 0.122. The summed E-state index contributed by atoms with van der Waals surface area (Å²) in [6.45, 7) is 0. The van der Waals surface area contributed by atoms with Crippen LogP contribution in [0.1, 0.15) is 0 Å². The largest absolute Gasteiger partial charge is 0.308 e. The Labute approximate surface area is 365 Å². The zero-order valence-electron chi connectivity index (χ0n) is 33.2. The van der Waals surface area contributed by atoms with Crippen LogP contribution in [0.4, 0.5) is 34.1 Å². The molecule has 2 heterocycles. The van der Waals surface area contributed by atoms with E-state index in [9.17, 15) is 0 Å². The van der Waals surface area contributed by atoms with Crippen molar-refractivity contribution in [2.24, 2.45) is 0 Å². The highest BCUT2D eigenvalue weighted by Crippen LogP contribution is 2.54. The fourth-order valence-corrected chi connectivity index (χ4v) is 17.1. The summed E-state index contributed by atoms with van der Waals surface area (Å²) in [7, 11) is -3.11. The highest BCUT2D eigenvalue weighted by atomic mass is 32.2. The van der Waals surface area contributed by atoms with Crippen molar-refractivity contribution in [1.29, 1.82) is 0 Å². The lowest BCUT2D eigenvalue weighted by molar-refractivity contribution is 1.17. The maximum Gasteiger partial charge on any atom is 0.180 e. The van der Waals surface area contributed by atoms with Crippen LogP contribution in [0.5, 0.6) is 0 Å². The topological polar surface area (TPSA) is 6.48 Å². The van der Waals surface area contributed by atoms with Gasteiger partial charge >= 0.3 is 0 Å². The minimum Gasteiger partial charge on any atom is -0.308 e. The third kappa shape index (κ3) is 5.65. The van der Waals surface area contributed by atoms with Crippen LogP contribution >= 0.6 is 23.5 Å². The van der Waals surface area contributed by atoms with E-state index in [1.165, 1.54) is 96.0 Å². The molecule has 0 saturated heterocycles. The number of hydrogen-bond acceptors (Lipinski definition) is 4. The highest BCUT2D eigenvalue weighted by molar-refractivity contribution is 8.00. The van der Waals surface area contributed by atoms with E-state index in [1.54, 1.807) is 0 Å². The van der Waals surface area contributed by atoms with Gasteiger partial charge < -0.3 is 9.80 Å². The van der Waals surface area contributed by atoms with Gasteiger partial charge in [0.25, 0.3) is 0 Å². The predicted molar refractivity (Wildman–Crippen MR) is 263 cm³/mol. The molecule has 0 N–H and O–H groups in total. The molecule has 0 unspecified atom stereocenters. The lowest BCUT2D eigenvalue weighted by Gasteiger charge is -2.39. The second-order valence-electron chi connectivity index (χ2n) is 15.6. The van der Waals surface area contributed by atoms with Crippen molar-refractivity contribution in [3.05, 3.63) is 231 Å². The SMILES string of the molecule is c1ccc([Si](c2ccccc2)(c2ccc(N3c4ccccc4Sc4ccccc43)c3ccccc23)c2ccc(N3c4ccccc4Sc4ccccc43)c3ccccc23)cc1. The van der Waals surface area contributed by atoms with Crippen LogP contribution in [0.3, 0.4) is 0 Å². The Morgan fingerprint density at radius 2 is 0.541 bits per heavy atom. The highest BCUT2D eigenvalue weighted by Gasteiger charge is 2.44. The number of anilines is 6. The molecule has 0 aliphatic carbocycles. The van der Waals surface area contributed by atoms with Crippen LogP contribution in [0.25, 0.3) is 21.5 Å². The molecule has 0 fully saturated rings. The summed E-state index contributed by atoms with van der Waals surface area (Å²) in [4.78, 5) is 10.0. The van der Waals surface area contributed by atoms with Crippen LogP contribution < -0.4 is 30.5 Å². The average molecular weight is 831 g/mol. The molecule has 0 bridgehead atoms. The molecule has 0 spiro atoms. The molecule has 5 heteroatoms. The van der Waals surface area contributed by atoms with Crippen molar-refractivity contribution in [3.8, 4) is 0 Å². The second-order valence-corrected chi connectivity index (χ2v) is 21.5.